The maximum absolute atomic E-state index is 12.6. The van der Waals surface area contributed by atoms with E-state index in [2.05, 4.69) is 22.2 Å². The second kappa shape index (κ2) is 12.1. The van der Waals surface area contributed by atoms with Crippen LogP contribution in [0.4, 0.5) is 5.69 Å². The van der Waals surface area contributed by atoms with Crippen LogP contribution in [0.15, 0.2) is 29.8 Å². The molecule has 9 nitrogen and oxygen atoms in total. The first-order valence-corrected chi connectivity index (χ1v) is 11.5. The number of amides is 1. The van der Waals surface area contributed by atoms with Gasteiger partial charge in [0.25, 0.3) is 5.91 Å². The van der Waals surface area contributed by atoms with E-state index in [-0.39, 0.29) is 31.2 Å². The molecule has 33 heavy (non-hydrogen) atoms. The minimum Gasteiger partial charge on any atom is -0.396 e. The van der Waals surface area contributed by atoms with E-state index >= 15 is 0 Å². The maximum atomic E-state index is 12.6. The highest BCUT2D eigenvalue weighted by atomic mass is 16.5. The lowest BCUT2D eigenvalue weighted by molar-refractivity contribution is -0.169. The molecule has 1 unspecified atom stereocenters. The van der Waals surface area contributed by atoms with Crippen LogP contribution < -0.4 is 10.2 Å². The van der Waals surface area contributed by atoms with Gasteiger partial charge in [-0.15, -0.1) is 0 Å². The molecule has 4 N–H and O–H groups in total. The smallest absolute Gasteiger partial charge is 0.262 e. The van der Waals surface area contributed by atoms with Crippen LogP contribution in [0.2, 0.25) is 0 Å². The molecule has 2 aliphatic rings. The summed E-state index contributed by atoms with van der Waals surface area (Å²) in [7, 11) is 2.11. The van der Waals surface area contributed by atoms with Crippen molar-refractivity contribution in [1.29, 1.82) is 5.26 Å². The van der Waals surface area contributed by atoms with E-state index in [9.17, 15) is 20.3 Å². The minimum atomic E-state index is -1.13. The standard InChI is InChI=1S/C24H34N4O5/c1-27-8-10-28(11-9-27)19-6-4-17(5-7-19)13-18(15-25)24(32)26-16-22-23(31)21(30)14-20(33-22)3-2-12-29/h4-7,13,20-23,29-31H,2-3,8-12,14,16H2,1H3,(H,26,32)/b18-13+/t20?,21-,22-,23+/m1/s1. The molecule has 0 saturated carbocycles. The molecule has 180 valence electrons. The van der Waals surface area contributed by atoms with Crippen molar-refractivity contribution in [1.82, 2.24) is 10.2 Å². The Kier molecular flexibility index (Phi) is 9.23. The lowest BCUT2D eigenvalue weighted by atomic mass is 9.95. The number of piperazine rings is 1. The summed E-state index contributed by atoms with van der Waals surface area (Å²) >= 11 is 0. The van der Waals surface area contributed by atoms with E-state index in [1.165, 1.54) is 6.08 Å². The molecular weight excluding hydrogens is 424 g/mol. The van der Waals surface area contributed by atoms with E-state index < -0.39 is 24.2 Å². The number of nitrogens with one attached hydrogen (secondary N) is 1. The minimum absolute atomic E-state index is 0.0204. The van der Waals surface area contributed by atoms with Crippen molar-refractivity contribution in [3.8, 4) is 6.07 Å². The van der Waals surface area contributed by atoms with Gasteiger partial charge in [0.2, 0.25) is 0 Å². The summed E-state index contributed by atoms with van der Waals surface area (Å²) in [6.45, 7) is 3.93. The van der Waals surface area contributed by atoms with Gasteiger partial charge in [-0.3, -0.25) is 4.79 Å². The van der Waals surface area contributed by atoms with Gasteiger partial charge in [0.05, 0.1) is 12.2 Å². The first-order valence-electron chi connectivity index (χ1n) is 11.5. The van der Waals surface area contributed by atoms with Crippen LogP contribution in [0, 0.1) is 11.3 Å². The lowest BCUT2D eigenvalue weighted by Crippen LogP contribution is -2.52. The zero-order valence-electron chi connectivity index (χ0n) is 19.1. The van der Waals surface area contributed by atoms with E-state index in [1.807, 2.05) is 30.3 Å². The molecule has 2 heterocycles. The Morgan fingerprint density at radius 2 is 1.94 bits per heavy atom. The Bertz CT molecular complexity index is 845. The number of anilines is 1. The molecule has 0 spiro atoms. The second-order valence-corrected chi connectivity index (χ2v) is 8.72. The average Bonchev–Trinajstić information content (AvgIpc) is 2.83. The number of carbonyl (C=O) groups is 1. The second-order valence-electron chi connectivity index (χ2n) is 8.72. The summed E-state index contributed by atoms with van der Waals surface area (Å²) in [6, 6.07) is 9.68. The van der Waals surface area contributed by atoms with Crippen LogP contribution in [0.3, 0.4) is 0 Å². The molecule has 1 aromatic rings. The fourth-order valence-electron chi connectivity index (χ4n) is 4.16. The molecule has 0 aliphatic carbocycles. The fourth-order valence-corrected chi connectivity index (χ4v) is 4.16. The highest BCUT2D eigenvalue weighted by Gasteiger charge is 2.36. The van der Waals surface area contributed by atoms with Crippen molar-refractivity contribution >= 4 is 17.7 Å². The summed E-state index contributed by atoms with van der Waals surface area (Å²) in [4.78, 5) is 17.2. The van der Waals surface area contributed by atoms with Crippen LogP contribution in [-0.4, -0.2) is 96.9 Å². The number of hydrogen-bond donors (Lipinski definition) is 4. The predicted octanol–water partition coefficient (Wildman–Crippen LogP) is 0.113. The van der Waals surface area contributed by atoms with E-state index in [4.69, 9.17) is 9.84 Å². The van der Waals surface area contributed by atoms with Crippen LogP contribution in [-0.2, 0) is 9.53 Å². The highest BCUT2D eigenvalue weighted by Crippen LogP contribution is 2.23. The van der Waals surface area contributed by atoms with Crippen LogP contribution in [0.25, 0.3) is 6.08 Å². The molecule has 2 aliphatic heterocycles. The van der Waals surface area contributed by atoms with E-state index in [0.717, 1.165) is 37.4 Å². The summed E-state index contributed by atoms with van der Waals surface area (Å²) in [5, 5.41) is 41.4. The molecule has 3 rings (SSSR count). The molecule has 2 fully saturated rings. The number of carbonyl (C=O) groups excluding carboxylic acids is 1. The van der Waals surface area contributed by atoms with Gasteiger partial charge >= 0.3 is 0 Å². The molecule has 2 saturated heterocycles. The van der Waals surface area contributed by atoms with Gasteiger partial charge < -0.3 is 35.2 Å². The first kappa shape index (κ1) is 25.1. The van der Waals surface area contributed by atoms with Crippen molar-refractivity contribution in [3.63, 3.8) is 0 Å². The van der Waals surface area contributed by atoms with Crippen molar-refractivity contribution in [2.24, 2.45) is 0 Å². The number of aliphatic hydroxyl groups excluding tert-OH is 3. The van der Waals surface area contributed by atoms with Crippen molar-refractivity contribution in [2.75, 3.05) is 51.3 Å². The zero-order valence-corrected chi connectivity index (χ0v) is 19.1. The molecule has 0 bridgehead atoms. The Labute approximate surface area is 194 Å². The first-order chi connectivity index (χ1) is 15.9. The number of rotatable bonds is 8. The van der Waals surface area contributed by atoms with Gasteiger partial charge in [0.15, 0.2) is 0 Å². The van der Waals surface area contributed by atoms with Gasteiger partial charge in [-0.25, -0.2) is 0 Å². The predicted molar refractivity (Wildman–Crippen MR) is 124 cm³/mol. The number of ether oxygens (including phenoxy) is 1. The van der Waals surface area contributed by atoms with Gasteiger partial charge in [0.1, 0.15) is 23.9 Å². The quantitative estimate of drug-likeness (QED) is 0.319. The molecule has 0 aromatic heterocycles. The van der Waals surface area contributed by atoms with E-state index in [0.29, 0.717) is 12.8 Å². The number of likely N-dealkylation sites (N-methyl/N-ethyl adjacent to an activating group) is 1. The molecule has 1 aromatic carbocycles. The Morgan fingerprint density at radius 1 is 1.24 bits per heavy atom. The molecular formula is C24H34N4O5. The van der Waals surface area contributed by atoms with E-state index in [1.54, 1.807) is 0 Å². The molecule has 4 atom stereocenters. The van der Waals surface area contributed by atoms with Crippen molar-refractivity contribution in [2.45, 2.75) is 43.7 Å². The number of aliphatic hydroxyl groups is 3. The van der Waals surface area contributed by atoms with Gasteiger partial charge in [0, 0.05) is 51.4 Å². The third-order valence-electron chi connectivity index (χ3n) is 6.23. The third kappa shape index (κ3) is 7.00. The largest absolute Gasteiger partial charge is 0.396 e. The fraction of sp³-hybridized carbons (Fsp3) is 0.583. The summed E-state index contributed by atoms with van der Waals surface area (Å²) in [5.74, 6) is -0.566. The van der Waals surface area contributed by atoms with Crippen LogP contribution in [0.1, 0.15) is 24.8 Å². The van der Waals surface area contributed by atoms with Gasteiger partial charge in [-0.2, -0.15) is 5.26 Å². The molecule has 1 amide bonds. The summed E-state index contributed by atoms with van der Waals surface area (Å²) < 4.78 is 5.78. The van der Waals surface area contributed by atoms with Crippen LogP contribution >= 0.6 is 0 Å². The molecule has 0 radical (unpaired) electrons. The maximum Gasteiger partial charge on any atom is 0.262 e. The van der Waals surface area contributed by atoms with Gasteiger partial charge in [-0.1, -0.05) is 12.1 Å². The van der Waals surface area contributed by atoms with Crippen molar-refractivity contribution < 1.29 is 24.9 Å². The topological polar surface area (TPSA) is 129 Å². The number of hydrogen-bond acceptors (Lipinski definition) is 8. The summed E-state index contributed by atoms with van der Waals surface area (Å²) in [6.07, 6.45) is -0.299. The average molecular weight is 459 g/mol. The SMILES string of the molecule is CN1CCN(c2ccc(/C=C(\C#N)C(=O)NC[C@H]3OC(CCCO)C[C@@H](O)[C@@H]3O)cc2)CC1. The van der Waals surface area contributed by atoms with Crippen molar-refractivity contribution in [3.05, 3.63) is 35.4 Å². The monoisotopic (exact) mass is 458 g/mol. The Morgan fingerprint density at radius 3 is 2.58 bits per heavy atom. The summed E-state index contributed by atoms with van der Waals surface area (Å²) in [5.41, 5.74) is 1.80. The third-order valence-corrected chi connectivity index (χ3v) is 6.23. The number of nitrogens with zero attached hydrogens (tertiary/aromatic N) is 3. The van der Waals surface area contributed by atoms with Crippen LogP contribution in [0.5, 0.6) is 0 Å². The Balaban J connectivity index is 1.57. The number of nitriles is 1. The normalized spacial score (nSPS) is 26.6. The lowest BCUT2D eigenvalue weighted by Gasteiger charge is -2.37. The molecule has 9 heteroatoms. The highest BCUT2D eigenvalue weighted by molar-refractivity contribution is 6.01. The van der Waals surface area contributed by atoms with Gasteiger partial charge in [-0.05, 0) is 43.7 Å². The number of benzene rings is 1. The Hall–Kier alpha value is -2.48. The zero-order chi connectivity index (χ0) is 23.8.